The van der Waals surface area contributed by atoms with Crippen LogP contribution in [0.5, 0.6) is 0 Å². The van der Waals surface area contributed by atoms with Gasteiger partial charge in [0.1, 0.15) is 5.82 Å². The van der Waals surface area contributed by atoms with Crippen LogP contribution < -0.4 is 21.6 Å². The highest BCUT2D eigenvalue weighted by Crippen LogP contribution is 2.20. The standard InChI is InChI=1S/C17H12N4O/c22-17-13-5-3-4-12-11(7-8-14(20-17)16(12)13)10-19-21-15-6-1-2-9-18-15/h1-10,19H,(H,18,21)/b11-10-. The summed E-state index contributed by atoms with van der Waals surface area (Å²) < 4.78 is 0. The van der Waals surface area contributed by atoms with Gasteiger partial charge in [0, 0.05) is 23.0 Å². The summed E-state index contributed by atoms with van der Waals surface area (Å²) in [6, 6.07) is 15.1. The average Bonchev–Trinajstić information content (AvgIpc) is 2.89. The molecule has 0 aliphatic rings. The molecule has 0 amide bonds. The lowest BCUT2D eigenvalue weighted by atomic mass is 10.1. The zero-order chi connectivity index (χ0) is 14.9. The van der Waals surface area contributed by atoms with E-state index in [0.29, 0.717) is 5.39 Å². The smallest absolute Gasteiger partial charge is 0.278 e. The first-order chi connectivity index (χ1) is 10.8. The second kappa shape index (κ2) is 4.96. The lowest BCUT2D eigenvalue weighted by molar-refractivity contribution is 1.08. The molecule has 0 unspecified atom stereocenters. The van der Waals surface area contributed by atoms with Crippen molar-refractivity contribution in [1.82, 2.24) is 15.4 Å². The lowest BCUT2D eigenvalue weighted by Gasteiger charge is -2.04. The van der Waals surface area contributed by atoms with E-state index in [2.05, 4.69) is 20.8 Å². The summed E-state index contributed by atoms with van der Waals surface area (Å²) in [6.07, 6.45) is 3.57. The van der Waals surface area contributed by atoms with E-state index < -0.39 is 0 Å². The van der Waals surface area contributed by atoms with E-state index >= 15 is 0 Å². The molecule has 0 bridgehead atoms. The number of nitrogens with one attached hydrogen (secondary N) is 2. The minimum absolute atomic E-state index is 0.169. The van der Waals surface area contributed by atoms with Gasteiger partial charge in [-0.05, 0) is 29.7 Å². The third kappa shape index (κ3) is 2.00. The highest BCUT2D eigenvalue weighted by atomic mass is 16.1. The molecule has 2 aromatic carbocycles. The van der Waals surface area contributed by atoms with Crippen LogP contribution in [-0.2, 0) is 0 Å². The van der Waals surface area contributed by atoms with Crippen molar-refractivity contribution < 1.29 is 0 Å². The maximum Gasteiger partial charge on any atom is 0.278 e. The van der Waals surface area contributed by atoms with E-state index in [1.807, 2.05) is 54.7 Å². The number of nitrogens with zero attached hydrogens (tertiary/aromatic N) is 2. The van der Waals surface area contributed by atoms with Gasteiger partial charge in [0.2, 0.25) is 0 Å². The van der Waals surface area contributed by atoms with Gasteiger partial charge in [-0.25, -0.2) is 9.97 Å². The molecule has 5 heteroatoms. The predicted octanol–water partition coefficient (Wildman–Crippen LogP) is 1.65. The van der Waals surface area contributed by atoms with E-state index in [9.17, 15) is 4.79 Å². The summed E-state index contributed by atoms with van der Waals surface area (Å²) in [4.78, 5) is 20.1. The van der Waals surface area contributed by atoms with Crippen molar-refractivity contribution in [3.8, 4) is 0 Å². The summed E-state index contributed by atoms with van der Waals surface area (Å²) in [6.45, 7) is 0. The van der Waals surface area contributed by atoms with Crippen LogP contribution in [0.25, 0.3) is 27.9 Å². The van der Waals surface area contributed by atoms with E-state index in [1.54, 1.807) is 6.20 Å². The highest BCUT2D eigenvalue weighted by Gasteiger charge is 2.09. The van der Waals surface area contributed by atoms with Crippen molar-refractivity contribution in [1.29, 1.82) is 0 Å². The molecule has 22 heavy (non-hydrogen) atoms. The first-order valence-electron chi connectivity index (χ1n) is 6.90. The Morgan fingerprint density at radius 3 is 2.73 bits per heavy atom. The first-order valence-corrected chi connectivity index (χ1v) is 6.90. The minimum atomic E-state index is -0.169. The van der Waals surface area contributed by atoms with Crippen molar-refractivity contribution in [2.24, 2.45) is 0 Å². The van der Waals surface area contributed by atoms with Crippen LogP contribution in [-0.4, -0.2) is 9.97 Å². The lowest BCUT2D eigenvalue weighted by Crippen LogP contribution is -2.19. The largest absolute Gasteiger partial charge is 0.306 e. The molecule has 2 heterocycles. The summed E-state index contributed by atoms with van der Waals surface area (Å²) in [5, 5.41) is 3.56. The predicted molar refractivity (Wildman–Crippen MR) is 87.4 cm³/mol. The van der Waals surface area contributed by atoms with Gasteiger partial charge in [0.05, 0.1) is 10.9 Å². The Balaban J connectivity index is 1.77. The second-order valence-electron chi connectivity index (χ2n) is 4.95. The van der Waals surface area contributed by atoms with Gasteiger partial charge in [-0.1, -0.05) is 24.3 Å². The van der Waals surface area contributed by atoms with E-state index in [1.165, 1.54) is 0 Å². The molecule has 2 aromatic heterocycles. The normalized spacial score (nSPS) is 12.1. The Hall–Kier alpha value is -3.21. The number of hydrogen-bond donors (Lipinski definition) is 2. The SMILES string of the molecule is O=c1nc2cc/c(=C/NNc3ccccn3)c3cccc1c23. The summed E-state index contributed by atoms with van der Waals surface area (Å²) in [5.41, 5.74) is 6.60. The van der Waals surface area contributed by atoms with E-state index in [-0.39, 0.29) is 5.56 Å². The van der Waals surface area contributed by atoms with Gasteiger partial charge in [-0.3, -0.25) is 10.2 Å². The number of benzene rings is 2. The Kier molecular flexibility index (Phi) is 2.83. The number of hydrogen-bond acceptors (Lipinski definition) is 5. The Bertz CT molecular complexity index is 1050. The van der Waals surface area contributed by atoms with Crippen LogP contribution in [0, 0.1) is 0 Å². The summed E-state index contributed by atoms with van der Waals surface area (Å²) in [5.74, 6) is 0.731. The molecule has 0 aliphatic heterocycles. The van der Waals surface area contributed by atoms with Crippen LogP contribution in [0.15, 0.2) is 59.5 Å². The molecule has 2 N–H and O–H groups in total. The molecule has 0 saturated carbocycles. The molecule has 0 aliphatic carbocycles. The quantitative estimate of drug-likeness (QED) is 0.561. The van der Waals surface area contributed by atoms with Crippen LogP contribution in [0.2, 0.25) is 0 Å². The third-order valence-electron chi connectivity index (χ3n) is 3.60. The molecule has 4 rings (SSSR count). The zero-order valence-electron chi connectivity index (χ0n) is 11.6. The van der Waals surface area contributed by atoms with Crippen LogP contribution in [0.4, 0.5) is 5.82 Å². The Morgan fingerprint density at radius 1 is 0.955 bits per heavy atom. The average molecular weight is 288 g/mol. The summed E-state index contributed by atoms with van der Waals surface area (Å²) in [7, 11) is 0. The highest BCUT2D eigenvalue weighted by molar-refractivity contribution is 6.09. The van der Waals surface area contributed by atoms with Crippen molar-refractivity contribution in [3.63, 3.8) is 0 Å². The number of hydrazine groups is 1. The molecule has 5 nitrogen and oxygen atoms in total. The van der Waals surface area contributed by atoms with Crippen LogP contribution in [0.3, 0.4) is 0 Å². The molecule has 0 spiro atoms. The van der Waals surface area contributed by atoms with Gasteiger partial charge in [-0.2, -0.15) is 0 Å². The summed E-state index contributed by atoms with van der Waals surface area (Å²) >= 11 is 0. The molecule has 106 valence electrons. The third-order valence-corrected chi connectivity index (χ3v) is 3.60. The molecule has 0 saturated heterocycles. The van der Waals surface area contributed by atoms with Crippen molar-refractivity contribution in [2.45, 2.75) is 0 Å². The zero-order valence-corrected chi connectivity index (χ0v) is 11.6. The van der Waals surface area contributed by atoms with Crippen LogP contribution >= 0.6 is 0 Å². The fraction of sp³-hybridized carbons (Fsp3) is 0. The monoisotopic (exact) mass is 288 g/mol. The molecule has 4 aromatic rings. The van der Waals surface area contributed by atoms with E-state index in [0.717, 1.165) is 27.3 Å². The van der Waals surface area contributed by atoms with Crippen molar-refractivity contribution in [3.05, 3.63) is 70.3 Å². The molecular formula is C17H12N4O. The second-order valence-corrected chi connectivity index (χ2v) is 4.95. The topological polar surface area (TPSA) is 66.9 Å². The van der Waals surface area contributed by atoms with Crippen molar-refractivity contribution in [2.75, 3.05) is 5.43 Å². The maximum absolute atomic E-state index is 11.8. The van der Waals surface area contributed by atoms with Gasteiger partial charge in [-0.15, -0.1) is 0 Å². The van der Waals surface area contributed by atoms with Crippen molar-refractivity contribution >= 4 is 33.7 Å². The molecule has 0 radical (unpaired) electrons. The fourth-order valence-electron chi connectivity index (χ4n) is 2.60. The fourth-order valence-corrected chi connectivity index (χ4v) is 2.60. The Morgan fingerprint density at radius 2 is 1.86 bits per heavy atom. The van der Waals surface area contributed by atoms with Gasteiger partial charge >= 0.3 is 0 Å². The van der Waals surface area contributed by atoms with Gasteiger partial charge in [0.15, 0.2) is 0 Å². The molecule has 0 atom stereocenters. The number of rotatable bonds is 3. The van der Waals surface area contributed by atoms with E-state index in [4.69, 9.17) is 0 Å². The number of anilines is 1. The Labute approximate surface area is 125 Å². The van der Waals surface area contributed by atoms with Gasteiger partial charge < -0.3 is 5.43 Å². The molecule has 0 fully saturated rings. The molecular weight excluding hydrogens is 276 g/mol. The first kappa shape index (κ1) is 12.5. The number of pyridine rings is 1. The number of aromatic nitrogens is 2. The minimum Gasteiger partial charge on any atom is -0.306 e. The maximum atomic E-state index is 11.8. The van der Waals surface area contributed by atoms with Gasteiger partial charge in [0.25, 0.3) is 5.56 Å². The van der Waals surface area contributed by atoms with Crippen LogP contribution in [0.1, 0.15) is 0 Å².